The summed E-state index contributed by atoms with van der Waals surface area (Å²) in [5.41, 5.74) is 2.06. The quantitative estimate of drug-likeness (QED) is 0.0482. The van der Waals surface area contributed by atoms with Crippen LogP contribution in [0.3, 0.4) is 0 Å². The molecule has 0 amide bonds. The van der Waals surface area contributed by atoms with E-state index in [0.29, 0.717) is 21.6 Å². The second-order valence-electron chi connectivity index (χ2n) is 16.2. The molecule has 2 N–H and O–H groups in total. The highest BCUT2D eigenvalue weighted by molar-refractivity contribution is 7.45. The number of aryl methyl sites for hydroxylation is 2. The maximum atomic E-state index is 12.7. The average molecular weight is 817 g/mol. The molecule has 4 rings (SSSR count). The van der Waals surface area contributed by atoms with Crippen LogP contribution in [-0.4, -0.2) is 22.2 Å². The number of carbonyl (C=O) groups is 2. The predicted octanol–water partition coefficient (Wildman–Crippen LogP) is 17.3. The Kier molecular flexibility index (Phi) is 20.9. The number of hydrogen-bond donors (Lipinski definition) is 2. The van der Waals surface area contributed by atoms with Gasteiger partial charge in [-0.2, -0.15) is 0 Å². The van der Waals surface area contributed by atoms with E-state index in [4.69, 9.17) is 0 Å². The second kappa shape index (κ2) is 25.0. The van der Waals surface area contributed by atoms with Crippen molar-refractivity contribution in [2.24, 2.45) is 11.8 Å². The Balaban J connectivity index is 1.55. The van der Waals surface area contributed by atoms with Crippen molar-refractivity contribution >= 4 is 85.5 Å². The molecule has 4 nitrogen and oxygen atoms in total. The van der Waals surface area contributed by atoms with Crippen molar-refractivity contribution in [2.75, 3.05) is 0 Å². The molecule has 0 radical (unpaired) electrons. The summed E-state index contributed by atoms with van der Waals surface area (Å²) in [5.74, 6) is -0.312. The fraction of sp³-hybridized carbons (Fsp3) is 0.739. The molecule has 4 aromatic rings. The predicted molar refractivity (Wildman–Crippen MR) is 242 cm³/mol. The molecule has 2 atom stereocenters. The average Bonchev–Trinajstić information content (AvgIpc) is 3.89. The van der Waals surface area contributed by atoms with Crippen LogP contribution in [0.1, 0.15) is 225 Å². The molecule has 0 saturated carbocycles. The lowest BCUT2D eigenvalue weighted by atomic mass is 9.89. The first-order valence-corrected chi connectivity index (χ1v) is 25.5. The molecule has 54 heavy (non-hydrogen) atoms. The van der Waals surface area contributed by atoms with Gasteiger partial charge in [0.15, 0.2) is 0 Å². The van der Waals surface area contributed by atoms with Crippen LogP contribution in [0.25, 0.3) is 28.2 Å². The highest BCUT2D eigenvalue weighted by atomic mass is 32.1. The van der Waals surface area contributed by atoms with E-state index in [9.17, 15) is 19.8 Å². The third-order valence-electron chi connectivity index (χ3n) is 11.8. The number of aromatic carboxylic acids is 2. The third kappa shape index (κ3) is 13.3. The Morgan fingerprint density at radius 3 is 0.981 bits per heavy atom. The van der Waals surface area contributed by atoms with Crippen molar-refractivity contribution in [3.8, 4) is 0 Å². The Morgan fingerprint density at radius 2 is 0.667 bits per heavy atom. The molecule has 0 aromatic carbocycles. The van der Waals surface area contributed by atoms with Crippen molar-refractivity contribution in [3.05, 3.63) is 20.9 Å². The van der Waals surface area contributed by atoms with E-state index >= 15 is 0 Å². The first-order chi connectivity index (χ1) is 26.3. The molecule has 4 heterocycles. The minimum absolute atomic E-state index is 0.520. The van der Waals surface area contributed by atoms with Gasteiger partial charge in [0.1, 0.15) is 9.75 Å². The van der Waals surface area contributed by atoms with Crippen molar-refractivity contribution in [1.29, 1.82) is 0 Å². The van der Waals surface area contributed by atoms with E-state index in [1.54, 1.807) is 22.7 Å². The minimum Gasteiger partial charge on any atom is -0.477 e. The summed E-state index contributed by atoms with van der Waals surface area (Å²) in [6, 6.07) is 0. The molecule has 304 valence electrons. The molecule has 0 fully saturated rings. The van der Waals surface area contributed by atoms with Crippen LogP contribution >= 0.6 is 45.3 Å². The van der Waals surface area contributed by atoms with E-state index in [1.807, 2.05) is 0 Å². The van der Waals surface area contributed by atoms with Crippen LogP contribution in [0.5, 0.6) is 0 Å². The lowest BCUT2D eigenvalue weighted by molar-refractivity contribution is 0.0690. The Morgan fingerprint density at radius 1 is 0.389 bits per heavy atom. The smallest absolute Gasteiger partial charge is 0.346 e. The summed E-state index contributed by atoms with van der Waals surface area (Å²) in [7, 11) is 0. The third-order valence-corrected chi connectivity index (χ3v) is 17.5. The summed E-state index contributed by atoms with van der Waals surface area (Å²) in [6.07, 6.45) is 34.7. The maximum Gasteiger partial charge on any atom is 0.346 e. The fourth-order valence-electron chi connectivity index (χ4n) is 8.52. The van der Waals surface area contributed by atoms with Crippen molar-refractivity contribution < 1.29 is 19.8 Å². The highest BCUT2D eigenvalue weighted by Gasteiger charge is 2.28. The van der Waals surface area contributed by atoms with E-state index in [2.05, 4.69) is 27.7 Å². The van der Waals surface area contributed by atoms with E-state index < -0.39 is 11.9 Å². The van der Waals surface area contributed by atoms with Crippen molar-refractivity contribution in [3.63, 3.8) is 0 Å². The van der Waals surface area contributed by atoms with Gasteiger partial charge in [-0.15, -0.1) is 45.3 Å². The zero-order valence-electron chi connectivity index (χ0n) is 34.3. The molecular weight excluding hydrogens is 745 g/mol. The molecule has 0 spiro atoms. The van der Waals surface area contributed by atoms with Gasteiger partial charge < -0.3 is 10.2 Å². The van der Waals surface area contributed by atoms with E-state index in [-0.39, 0.29) is 0 Å². The van der Waals surface area contributed by atoms with Gasteiger partial charge in [-0.1, -0.05) is 182 Å². The molecular formula is C46H72O4S4. The summed E-state index contributed by atoms with van der Waals surface area (Å²) < 4.78 is 6.88. The number of carboxylic acid groups (broad SMARTS) is 2. The number of carboxylic acids is 2. The number of hydrogen-bond acceptors (Lipinski definition) is 6. The highest BCUT2D eigenvalue weighted by Crippen LogP contribution is 2.53. The van der Waals surface area contributed by atoms with Gasteiger partial charge in [0.05, 0.1) is 28.2 Å². The molecule has 0 saturated heterocycles. The summed E-state index contributed by atoms with van der Waals surface area (Å²) >= 11 is 6.40. The first kappa shape index (κ1) is 45.2. The van der Waals surface area contributed by atoms with Gasteiger partial charge in [-0.05, 0) is 48.6 Å². The van der Waals surface area contributed by atoms with Gasteiger partial charge in [-0.25, -0.2) is 9.59 Å². The number of rotatable bonds is 32. The zero-order valence-corrected chi connectivity index (χ0v) is 37.6. The second-order valence-corrected chi connectivity index (χ2v) is 20.3. The summed E-state index contributed by atoms with van der Waals surface area (Å²) in [4.78, 5) is 26.4. The SMILES string of the molecule is CCCCCCCCC(CCCCCC)CCc1c(C(=O)O)sc2c1sc1c3sc(C(=O)O)c(CCC(CCCCCC)CCCCCCCC)c3sc21. The molecule has 0 aliphatic rings. The monoisotopic (exact) mass is 816 g/mol. The lowest BCUT2D eigenvalue weighted by Gasteiger charge is -2.17. The number of fused-ring (bicyclic) bond motifs is 5. The largest absolute Gasteiger partial charge is 0.477 e. The Labute approximate surface area is 343 Å². The molecule has 2 unspecified atom stereocenters. The van der Waals surface area contributed by atoms with Crippen LogP contribution in [0.15, 0.2) is 0 Å². The van der Waals surface area contributed by atoms with Gasteiger partial charge >= 0.3 is 11.9 Å². The van der Waals surface area contributed by atoms with Crippen LogP contribution in [0.4, 0.5) is 0 Å². The minimum atomic E-state index is -0.801. The standard InChI is InChI=1S/C46H72O4S4/c1-5-9-13-17-19-23-27-33(25-21-15-11-7-3)29-31-35-37-41(53-39(35)45(47)48)43-44(51-37)42-38(52-43)36(40(54-42)46(49)50)32-30-34(26-22-16-12-8-4)28-24-20-18-14-10-6-2/h33-34H,5-32H2,1-4H3,(H,47,48)(H,49,50). The lowest BCUT2D eigenvalue weighted by Crippen LogP contribution is -2.05. The van der Waals surface area contributed by atoms with Crippen LogP contribution in [-0.2, 0) is 12.8 Å². The van der Waals surface area contributed by atoms with Gasteiger partial charge in [0, 0.05) is 0 Å². The normalized spacial score (nSPS) is 13.2. The van der Waals surface area contributed by atoms with Crippen LogP contribution in [0.2, 0.25) is 0 Å². The van der Waals surface area contributed by atoms with Crippen LogP contribution in [0, 0.1) is 11.8 Å². The van der Waals surface area contributed by atoms with Crippen molar-refractivity contribution in [2.45, 2.75) is 207 Å². The molecule has 0 aliphatic carbocycles. The molecule has 4 aromatic heterocycles. The molecule has 0 aliphatic heterocycles. The van der Waals surface area contributed by atoms with E-state index in [1.165, 1.54) is 186 Å². The van der Waals surface area contributed by atoms with E-state index in [0.717, 1.165) is 55.6 Å². The fourth-order valence-corrected chi connectivity index (χ4v) is 14.4. The van der Waals surface area contributed by atoms with Crippen molar-refractivity contribution in [1.82, 2.24) is 0 Å². The number of thiophene rings is 4. The van der Waals surface area contributed by atoms with Crippen LogP contribution < -0.4 is 0 Å². The first-order valence-electron chi connectivity index (χ1n) is 22.2. The summed E-state index contributed by atoms with van der Waals surface area (Å²) in [6.45, 7) is 9.08. The Hall–Kier alpha value is -1.48. The zero-order chi connectivity index (χ0) is 38.7. The van der Waals surface area contributed by atoms with Gasteiger partial charge in [-0.3, -0.25) is 0 Å². The topological polar surface area (TPSA) is 74.6 Å². The van der Waals surface area contributed by atoms with Gasteiger partial charge in [0.2, 0.25) is 0 Å². The molecule has 0 bridgehead atoms. The summed E-state index contributed by atoms with van der Waals surface area (Å²) in [5, 5.41) is 20.8. The number of unbranched alkanes of at least 4 members (excludes halogenated alkanes) is 16. The Bertz CT molecular complexity index is 1550. The van der Waals surface area contributed by atoms with Gasteiger partial charge in [0.25, 0.3) is 0 Å². The molecule has 8 heteroatoms. The maximum absolute atomic E-state index is 12.7.